The van der Waals surface area contributed by atoms with Crippen LogP contribution >= 0.6 is 0 Å². The van der Waals surface area contributed by atoms with E-state index in [1.54, 1.807) is 0 Å². The third kappa shape index (κ3) is 2.36. The summed E-state index contributed by atoms with van der Waals surface area (Å²) in [7, 11) is 0. The predicted molar refractivity (Wildman–Crippen MR) is 86.7 cm³/mol. The second-order valence-electron chi connectivity index (χ2n) is 4.56. The summed E-state index contributed by atoms with van der Waals surface area (Å²) in [6.45, 7) is 3.74. The molecule has 0 fully saturated rings. The molecule has 0 aliphatic heterocycles. The number of nitrogens with one attached hydrogen (secondary N) is 2. The number of hydrogen-bond donors (Lipinski definition) is 2. The average molecular weight is 260 g/mol. The molecule has 0 bridgehead atoms. The number of hydrogen-bond acceptors (Lipinski definition) is 0. The van der Waals surface area contributed by atoms with Crippen molar-refractivity contribution >= 4 is 27.9 Å². The number of fused-ring (bicyclic) bond motifs is 2. The van der Waals surface area contributed by atoms with Gasteiger partial charge in [-0.1, -0.05) is 49.1 Å². The van der Waals surface area contributed by atoms with Gasteiger partial charge in [0.25, 0.3) is 0 Å². The van der Waals surface area contributed by atoms with Crippen LogP contribution in [0.2, 0.25) is 0 Å². The molecule has 2 heteroatoms. The summed E-state index contributed by atoms with van der Waals surface area (Å²) in [5.41, 5.74) is 3.53. The van der Waals surface area contributed by atoms with Gasteiger partial charge in [0.15, 0.2) is 0 Å². The number of benzene rings is 2. The van der Waals surface area contributed by atoms with E-state index >= 15 is 0 Å². The molecule has 0 spiro atoms. The van der Waals surface area contributed by atoms with Crippen molar-refractivity contribution in [2.45, 2.75) is 0 Å². The fourth-order valence-corrected chi connectivity index (χ4v) is 2.27. The molecule has 98 valence electrons. The van der Waals surface area contributed by atoms with Crippen LogP contribution in [-0.2, 0) is 0 Å². The Kier molecular flexibility index (Phi) is 3.38. The van der Waals surface area contributed by atoms with Crippen LogP contribution in [0.5, 0.6) is 0 Å². The molecule has 0 saturated heterocycles. The molecule has 2 N–H and O–H groups in total. The first kappa shape index (κ1) is 12.3. The maximum Gasteiger partial charge on any atom is 0.0527 e. The summed E-state index contributed by atoms with van der Waals surface area (Å²) in [6.07, 6.45) is 5.75. The van der Waals surface area contributed by atoms with E-state index in [2.05, 4.69) is 46.9 Å². The Morgan fingerprint density at radius 1 is 0.750 bits per heavy atom. The molecule has 0 atom stereocenters. The van der Waals surface area contributed by atoms with E-state index in [0.29, 0.717) is 0 Å². The van der Waals surface area contributed by atoms with Crippen LogP contribution in [0, 0.1) is 0 Å². The van der Waals surface area contributed by atoms with Gasteiger partial charge in [0, 0.05) is 17.9 Å². The van der Waals surface area contributed by atoms with Crippen LogP contribution in [0.4, 0.5) is 0 Å². The summed E-state index contributed by atoms with van der Waals surface area (Å²) >= 11 is 0. The van der Waals surface area contributed by atoms with E-state index in [1.807, 2.05) is 42.7 Å². The standard InChI is InChI=1S/C10H9N.C8H7N/c1-2-8-4-3-5-9-6-7-11-10(8)9;1-2-4-8-7(3-1)5-6-9-8/h2-7,11H,1H2;1-6,9H. The van der Waals surface area contributed by atoms with Crippen LogP contribution in [-0.4, -0.2) is 9.97 Å². The molecule has 2 aromatic heterocycles. The van der Waals surface area contributed by atoms with E-state index in [4.69, 9.17) is 0 Å². The fourth-order valence-electron chi connectivity index (χ4n) is 2.27. The lowest BCUT2D eigenvalue weighted by atomic mass is 10.1. The SMILES string of the molecule is C=Cc1cccc2cc[nH]c12.c1ccc2[nH]ccc2c1. The number of para-hydroxylation sites is 2. The van der Waals surface area contributed by atoms with E-state index in [1.165, 1.54) is 21.8 Å². The van der Waals surface area contributed by atoms with Crippen molar-refractivity contribution in [2.75, 3.05) is 0 Å². The topological polar surface area (TPSA) is 31.6 Å². The largest absolute Gasteiger partial charge is 0.361 e. The highest BCUT2D eigenvalue weighted by Gasteiger charge is 1.95. The van der Waals surface area contributed by atoms with E-state index in [9.17, 15) is 0 Å². The van der Waals surface area contributed by atoms with Gasteiger partial charge in [-0.15, -0.1) is 0 Å². The summed E-state index contributed by atoms with van der Waals surface area (Å²) in [5, 5.41) is 2.51. The lowest BCUT2D eigenvalue weighted by Gasteiger charge is -1.93. The number of aromatic amines is 2. The van der Waals surface area contributed by atoms with Crippen molar-refractivity contribution in [3.63, 3.8) is 0 Å². The zero-order chi connectivity index (χ0) is 13.8. The van der Waals surface area contributed by atoms with E-state index in [0.717, 1.165) is 5.56 Å². The third-order valence-corrected chi connectivity index (χ3v) is 3.30. The van der Waals surface area contributed by atoms with Crippen LogP contribution in [0.3, 0.4) is 0 Å². The first-order valence-electron chi connectivity index (χ1n) is 6.59. The minimum Gasteiger partial charge on any atom is -0.361 e. The zero-order valence-corrected chi connectivity index (χ0v) is 11.1. The van der Waals surface area contributed by atoms with Crippen molar-refractivity contribution in [2.24, 2.45) is 0 Å². The second kappa shape index (κ2) is 5.49. The molecule has 0 amide bonds. The highest BCUT2D eigenvalue weighted by molar-refractivity contribution is 5.87. The second-order valence-corrected chi connectivity index (χ2v) is 4.56. The quantitative estimate of drug-likeness (QED) is 0.484. The third-order valence-electron chi connectivity index (χ3n) is 3.30. The normalized spacial score (nSPS) is 10.2. The van der Waals surface area contributed by atoms with Crippen molar-refractivity contribution in [3.05, 3.63) is 79.1 Å². The van der Waals surface area contributed by atoms with Gasteiger partial charge in [0.2, 0.25) is 0 Å². The Morgan fingerprint density at radius 3 is 2.35 bits per heavy atom. The predicted octanol–water partition coefficient (Wildman–Crippen LogP) is 4.98. The molecule has 0 saturated carbocycles. The van der Waals surface area contributed by atoms with Gasteiger partial charge in [0.05, 0.1) is 5.52 Å². The van der Waals surface area contributed by atoms with Gasteiger partial charge in [-0.2, -0.15) is 0 Å². The van der Waals surface area contributed by atoms with Crippen molar-refractivity contribution in [1.82, 2.24) is 9.97 Å². The lowest BCUT2D eigenvalue weighted by Crippen LogP contribution is -1.73. The number of rotatable bonds is 1. The van der Waals surface area contributed by atoms with Crippen molar-refractivity contribution in [3.8, 4) is 0 Å². The Bertz CT molecular complexity index is 806. The molecule has 0 aliphatic rings. The smallest absolute Gasteiger partial charge is 0.0527 e. The van der Waals surface area contributed by atoms with Gasteiger partial charge in [-0.05, 0) is 34.5 Å². The zero-order valence-electron chi connectivity index (χ0n) is 11.1. The first-order chi connectivity index (χ1) is 9.88. The van der Waals surface area contributed by atoms with Gasteiger partial charge in [-0.25, -0.2) is 0 Å². The molecular formula is C18H16N2. The number of aromatic nitrogens is 2. The van der Waals surface area contributed by atoms with E-state index < -0.39 is 0 Å². The van der Waals surface area contributed by atoms with Crippen molar-refractivity contribution < 1.29 is 0 Å². The van der Waals surface area contributed by atoms with Crippen LogP contribution < -0.4 is 0 Å². The maximum absolute atomic E-state index is 3.74. The lowest BCUT2D eigenvalue weighted by molar-refractivity contribution is 1.47. The Hall–Kier alpha value is -2.74. The molecular weight excluding hydrogens is 244 g/mol. The Balaban J connectivity index is 0.000000123. The summed E-state index contributed by atoms with van der Waals surface area (Å²) in [5.74, 6) is 0. The van der Waals surface area contributed by atoms with Gasteiger partial charge < -0.3 is 9.97 Å². The van der Waals surface area contributed by atoms with Crippen molar-refractivity contribution in [1.29, 1.82) is 0 Å². The molecule has 2 heterocycles. The van der Waals surface area contributed by atoms with Crippen LogP contribution in [0.15, 0.2) is 73.6 Å². The van der Waals surface area contributed by atoms with Gasteiger partial charge in [-0.3, -0.25) is 0 Å². The van der Waals surface area contributed by atoms with Crippen LogP contribution in [0.1, 0.15) is 5.56 Å². The highest BCUT2D eigenvalue weighted by Crippen LogP contribution is 2.17. The monoisotopic (exact) mass is 260 g/mol. The minimum atomic E-state index is 1.16. The maximum atomic E-state index is 3.74. The molecule has 0 unspecified atom stereocenters. The van der Waals surface area contributed by atoms with Crippen LogP contribution in [0.25, 0.3) is 27.9 Å². The fraction of sp³-hybridized carbons (Fsp3) is 0. The van der Waals surface area contributed by atoms with Gasteiger partial charge >= 0.3 is 0 Å². The molecule has 4 aromatic rings. The summed E-state index contributed by atoms with van der Waals surface area (Å²) < 4.78 is 0. The minimum absolute atomic E-state index is 1.16. The molecule has 0 radical (unpaired) electrons. The highest BCUT2D eigenvalue weighted by atomic mass is 14.7. The van der Waals surface area contributed by atoms with Gasteiger partial charge in [0.1, 0.15) is 0 Å². The molecule has 4 rings (SSSR count). The summed E-state index contributed by atoms with van der Waals surface area (Å²) in [6, 6.07) is 18.5. The molecule has 0 aliphatic carbocycles. The molecule has 2 nitrogen and oxygen atoms in total. The Labute approximate surface area is 117 Å². The first-order valence-corrected chi connectivity index (χ1v) is 6.59. The number of H-pyrrole nitrogens is 2. The Morgan fingerprint density at radius 2 is 1.50 bits per heavy atom. The average Bonchev–Trinajstić information content (AvgIpc) is 3.16. The summed E-state index contributed by atoms with van der Waals surface area (Å²) in [4.78, 5) is 6.29. The molecule has 2 aromatic carbocycles. The molecule has 20 heavy (non-hydrogen) atoms. The van der Waals surface area contributed by atoms with E-state index in [-0.39, 0.29) is 0 Å².